The van der Waals surface area contributed by atoms with Gasteiger partial charge in [-0.05, 0) is 19.8 Å². The zero-order valence-electron chi connectivity index (χ0n) is 4.31. The molecule has 1 aliphatic carbocycles. The molecule has 1 heterocycles. The third kappa shape index (κ3) is 0.423. The van der Waals surface area contributed by atoms with Crippen LogP contribution in [0.1, 0.15) is 19.8 Å². The Morgan fingerprint density at radius 2 is 2.43 bits per heavy atom. The smallest absolute Gasteiger partial charge is 0.0362 e. The fourth-order valence-electron chi connectivity index (χ4n) is 1.04. The van der Waals surface area contributed by atoms with Crippen LogP contribution in [0, 0.1) is 0 Å². The monoisotopic (exact) mass is 132 g/mol. The van der Waals surface area contributed by atoms with Crippen LogP contribution in [-0.4, -0.2) is 10.00 Å². The topological polar surface area (TPSA) is 0 Å². The highest BCUT2D eigenvalue weighted by molar-refractivity contribution is 8.80. The number of hydrogen-bond donors (Lipinski definition) is 0. The second-order valence-electron chi connectivity index (χ2n) is 2.52. The fourth-order valence-corrected chi connectivity index (χ4v) is 4.47. The molecule has 0 unspecified atom stereocenters. The Bertz CT molecular complexity index is 92.3. The Labute approximate surface area is 51.8 Å². The molecule has 2 heteroatoms. The molecule has 2 fully saturated rings. The van der Waals surface area contributed by atoms with Gasteiger partial charge in [0.2, 0.25) is 0 Å². The molecular weight excluding hydrogens is 124 g/mol. The summed E-state index contributed by atoms with van der Waals surface area (Å²) in [6, 6.07) is 0. The quantitative estimate of drug-likeness (QED) is 0.464. The maximum absolute atomic E-state index is 2.38. The van der Waals surface area contributed by atoms with E-state index < -0.39 is 0 Å². The standard InChI is InChI=1S/C5H8S2/c1-5-3-2-4(5)6-7-5/h4H,2-3H2,1H3/t4-,5+/m1/s1. The molecule has 0 N–H and O–H groups in total. The van der Waals surface area contributed by atoms with E-state index in [1.54, 1.807) is 0 Å². The summed E-state index contributed by atoms with van der Waals surface area (Å²) in [5, 5.41) is 1.04. The van der Waals surface area contributed by atoms with E-state index in [2.05, 4.69) is 28.5 Å². The number of hydrogen-bond acceptors (Lipinski definition) is 2. The van der Waals surface area contributed by atoms with Crippen molar-refractivity contribution in [2.75, 3.05) is 0 Å². The highest BCUT2D eigenvalue weighted by atomic mass is 33.1. The van der Waals surface area contributed by atoms with E-state index in [1.165, 1.54) is 12.8 Å². The van der Waals surface area contributed by atoms with Gasteiger partial charge in [-0.1, -0.05) is 21.6 Å². The predicted molar refractivity (Wildman–Crippen MR) is 36.6 cm³/mol. The average molecular weight is 132 g/mol. The normalized spacial score (nSPS) is 57.0. The third-order valence-electron chi connectivity index (χ3n) is 1.94. The fraction of sp³-hybridized carbons (Fsp3) is 1.00. The van der Waals surface area contributed by atoms with Crippen LogP contribution in [0.3, 0.4) is 0 Å². The van der Waals surface area contributed by atoms with Gasteiger partial charge in [-0.25, -0.2) is 0 Å². The molecule has 0 aromatic heterocycles. The van der Waals surface area contributed by atoms with E-state index in [4.69, 9.17) is 0 Å². The molecule has 40 valence electrons. The lowest BCUT2D eigenvalue weighted by Gasteiger charge is -2.54. The minimum absolute atomic E-state index is 0.741. The summed E-state index contributed by atoms with van der Waals surface area (Å²) in [7, 11) is 4.14. The summed E-state index contributed by atoms with van der Waals surface area (Å²) in [6.45, 7) is 2.38. The molecule has 1 aliphatic heterocycles. The Balaban J connectivity index is 2.12. The van der Waals surface area contributed by atoms with Crippen molar-refractivity contribution in [1.82, 2.24) is 0 Å². The van der Waals surface area contributed by atoms with Crippen LogP contribution in [0.4, 0.5) is 0 Å². The van der Waals surface area contributed by atoms with Crippen molar-refractivity contribution >= 4 is 21.6 Å². The van der Waals surface area contributed by atoms with E-state index >= 15 is 0 Å². The summed E-state index contributed by atoms with van der Waals surface area (Å²) in [5.41, 5.74) is 0. The van der Waals surface area contributed by atoms with Crippen LogP contribution in [0.25, 0.3) is 0 Å². The first-order valence-corrected chi connectivity index (χ1v) is 4.87. The van der Waals surface area contributed by atoms with Crippen LogP contribution in [-0.2, 0) is 0 Å². The van der Waals surface area contributed by atoms with E-state index in [0.29, 0.717) is 0 Å². The van der Waals surface area contributed by atoms with Crippen molar-refractivity contribution in [3.05, 3.63) is 0 Å². The van der Waals surface area contributed by atoms with Gasteiger partial charge in [-0.15, -0.1) is 0 Å². The molecule has 0 aromatic rings. The van der Waals surface area contributed by atoms with Crippen LogP contribution in [0.5, 0.6) is 0 Å². The first-order chi connectivity index (χ1) is 3.31. The SMILES string of the molecule is C[C@]12CC[C@H]1SS2. The summed E-state index contributed by atoms with van der Waals surface area (Å²) in [5.74, 6) is 0. The molecule has 2 rings (SSSR count). The maximum Gasteiger partial charge on any atom is 0.0362 e. The van der Waals surface area contributed by atoms with Crippen LogP contribution in [0.15, 0.2) is 0 Å². The van der Waals surface area contributed by atoms with Crippen molar-refractivity contribution in [3.63, 3.8) is 0 Å². The minimum atomic E-state index is 0.741. The predicted octanol–water partition coefficient (Wildman–Crippen LogP) is 2.30. The van der Waals surface area contributed by atoms with E-state index in [-0.39, 0.29) is 0 Å². The Hall–Kier alpha value is 0.700. The maximum atomic E-state index is 2.38. The van der Waals surface area contributed by atoms with Crippen molar-refractivity contribution < 1.29 is 0 Å². The van der Waals surface area contributed by atoms with Crippen molar-refractivity contribution in [2.45, 2.75) is 29.8 Å². The third-order valence-corrected chi connectivity index (χ3v) is 6.17. The van der Waals surface area contributed by atoms with Gasteiger partial charge >= 0.3 is 0 Å². The van der Waals surface area contributed by atoms with Crippen LogP contribution < -0.4 is 0 Å². The molecule has 0 aromatic carbocycles. The van der Waals surface area contributed by atoms with Crippen molar-refractivity contribution in [3.8, 4) is 0 Å². The summed E-state index contributed by atoms with van der Waals surface area (Å²) >= 11 is 0. The van der Waals surface area contributed by atoms with Gasteiger partial charge in [0.25, 0.3) is 0 Å². The zero-order valence-corrected chi connectivity index (χ0v) is 5.94. The summed E-state index contributed by atoms with van der Waals surface area (Å²) < 4.78 is 0.741. The molecule has 2 aliphatic rings. The molecule has 7 heavy (non-hydrogen) atoms. The van der Waals surface area contributed by atoms with Gasteiger partial charge in [0.1, 0.15) is 0 Å². The van der Waals surface area contributed by atoms with Gasteiger partial charge in [0, 0.05) is 10.00 Å². The lowest BCUT2D eigenvalue weighted by Crippen LogP contribution is -2.49. The summed E-state index contributed by atoms with van der Waals surface area (Å²) in [4.78, 5) is 0. The highest BCUT2D eigenvalue weighted by Crippen LogP contribution is 2.66. The first kappa shape index (κ1) is 4.57. The summed E-state index contributed by atoms with van der Waals surface area (Å²) in [6.07, 6.45) is 2.95. The number of rotatable bonds is 0. The van der Waals surface area contributed by atoms with Gasteiger partial charge in [-0.2, -0.15) is 0 Å². The lowest BCUT2D eigenvalue weighted by molar-refractivity contribution is 0.403. The van der Waals surface area contributed by atoms with E-state index in [1.807, 2.05) is 0 Å². The molecule has 0 bridgehead atoms. The second-order valence-corrected chi connectivity index (χ2v) is 5.46. The second kappa shape index (κ2) is 1.16. The molecule has 1 saturated carbocycles. The Morgan fingerprint density at radius 3 is 2.43 bits per heavy atom. The average Bonchev–Trinajstić information content (AvgIpc) is 1.67. The Morgan fingerprint density at radius 1 is 1.71 bits per heavy atom. The first-order valence-electron chi connectivity index (χ1n) is 2.66. The van der Waals surface area contributed by atoms with Crippen molar-refractivity contribution in [1.29, 1.82) is 0 Å². The largest absolute Gasteiger partial charge is 0.0886 e. The van der Waals surface area contributed by atoms with Gasteiger partial charge in [0.15, 0.2) is 0 Å². The van der Waals surface area contributed by atoms with E-state index in [9.17, 15) is 0 Å². The molecule has 0 radical (unpaired) electrons. The molecule has 2 atom stereocenters. The molecular formula is C5H8S2. The van der Waals surface area contributed by atoms with Gasteiger partial charge in [-0.3, -0.25) is 0 Å². The minimum Gasteiger partial charge on any atom is -0.0886 e. The molecule has 0 spiro atoms. The van der Waals surface area contributed by atoms with Crippen LogP contribution >= 0.6 is 21.6 Å². The molecule has 0 nitrogen and oxygen atoms in total. The molecule has 1 saturated heterocycles. The van der Waals surface area contributed by atoms with Gasteiger partial charge < -0.3 is 0 Å². The zero-order chi connectivity index (χ0) is 4.91. The Kier molecular flexibility index (Phi) is 0.757. The number of fused-ring (bicyclic) bond motifs is 1. The van der Waals surface area contributed by atoms with Gasteiger partial charge in [0.05, 0.1) is 0 Å². The van der Waals surface area contributed by atoms with E-state index in [0.717, 1.165) is 10.00 Å². The molecule has 0 amide bonds. The van der Waals surface area contributed by atoms with Crippen molar-refractivity contribution in [2.24, 2.45) is 0 Å². The highest BCUT2D eigenvalue weighted by Gasteiger charge is 2.52. The van der Waals surface area contributed by atoms with Crippen LogP contribution in [0.2, 0.25) is 0 Å². The lowest BCUT2D eigenvalue weighted by atomic mass is 9.85.